The van der Waals surface area contributed by atoms with Crippen molar-refractivity contribution in [2.75, 3.05) is 11.5 Å². The quantitative estimate of drug-likeness (QED) is 0.428. The number of rotatable bonds is 8. The number of anilines is 1. The number of ether oxygens (including phenoxy) is 1. The Morgan fingerprint density at radius 3 is 2.55 bits per heavy atom. The standard InChI is InChI=1S/C25H22FN3O4/c1-17(14-30)29(22-5-3-2-4-6-22)25(31)19-9-12-23(27-13-19)32-15-20-16-33-28-24(20)18-7-10-21(26)11-8-18/h2-13,16-17,30H,14-15H2,1H3. The van der Waals surface area contributed by atoms with E-state index in [0.717, 1.165) is 0 Å². The fourth-order valence-corrected chi connectivity index (χ4v) is 3.33. The van der Waals surface area contributed by atoms with E-state index < -0.39 is 6.04 Å². The fraction of sp³-hybridized carbons (Fsp3) is 0.160. The molecule has 1 N–H and O–H groups in total. The molecule has 0 radical (unpaired) electrons. The van der Waals surface area contributed by atoms with Gasteiger partial charge < -0.3 is 19.3 Å². The Kier molecular flexibility index (Phi) is 6.75. The largest absolute Gasteiger partial charge is 0.473 e. The molecule has 1 unspecified atom stereocenters. The summed E-state index contributed by atoms with van der Waals surface area (Å²) in [6.07, 6.45) is 2.90. The number of amides is 1. The first kappa shape index (κ1) is 22.2. The molecule has 1 atom stereocenters. The number of hydrogen-bond donors (Lipinski definition) is 1. The zero-order valence-electron chi connectivity index (χ0n) is 17.9. The van der Waals surface area contributed by atoms with Gasteiger partial charge in [0.2, 0.25) is 5.88 Å². The molecule has 0 spiro atoms. The Balaban J connectivity index is 1.46. The normalized spacial score (nSPS) is 11.7. The number of halogens is 1. The van der Waals surface area contributed by atoms with Crippen molar-refractivity contribution in [1.29, 1.82) is 0 Å². The number of benzene rings is 2. The van der Waals surface area contributed by atoms with Crippen LogP contribution in [0, 0.1) is 5.82 Å². The van der Waals surface area contributed by atoms with Gasteiger partial charge in [-0.05, 0) is 49.4 Å². The van der Waals surface area contributed by atoms with Crippen molar-refractivity contribution in [1.82, 2.24) is 10.1 Å². The van der Waals surface area contributed by atoms with Crippen LogP contribution in [0.4, 0.5) is 10.1 Å². The van der Waals surface area contributed by atoms with Gasteiger partial charge in [0.15, 0.2) is 0 Å². The summed E-state index contributed by atoms with van der Waals surface area (Å²) in [5.41, 5.74) is 2.99. The molecule has 4 rings (SSSR count). The van der Waals surface area contributed by atoms with Gasteiger partial charge >= 0.3 is 0 Å². The van der Waals surface area contributed by atoms with Crippen LogP contribution in [0.2, 0.25) is 0 Å². The smallest absolute Gasteiger partial charge is 0.260 e. The van der Waals surface area contributed by atoms with Crippen molar-refractivity contribution in [3.63, 3.8) is 0 Å². The summed E-state index contributed by atoms with van der Waals surface area (Å²) in [6.45, 7) is 1.73. The molecule has 0 aliphatic rings. The minimum atomic E-state index is -0.408. The molecule has 7 nitrogen and oxygen atoms in total. The van der Waals surface area contributed by atoms with Gasteiger partial charge in [-0.3, -0.25) is 4.79 Å². The second-order valence-electron chi connectivity index (χ2n) is 7.41. The average Bonchev–Trinajstić information content (AvgIpc) is 3.33. The molecular formula is C25H22FN3O4. The van der Waals surface area contributed by atoms with E-state index in [1.165, 1.54) is 29.5 Å². The van der Waals surface area contributed by atoms with Crippen LogP contribution in [0.25, 0.3) is 11.3 Å². The van der Waals surface area contributed by atoms with E-state index in [1.807, 2.05) is 30.3 Å². The molecule has 0 saturated carbocycles. The Hall–Kier alpha value is -4.04. The van der Waals surface area contributed by atoms with Crippen LogP contribution in [0.15, 0.2) is 83.7 Å². The van der Waals surface area contributed by atoms with Crippen LogP contribution < -0.4 is 9.64 Å². The second-order valence-corrected chi connectivity index (χ2v) is 7.41. The molecular weight excluding hydrogens is 425 g/mol. The van der Waals surface area contributed by atoms with Crippen molar-refractivity contribution < 1.29 is 23.6 Å². The van der Waals surface area contributed by atoms with Crippen LogP contribution in [-0.2, 0) is 6.61 Å². The van der Waals surface area contributed by atoms with Crippen LogP contribution in [-0.4, -0.2) is 33.8 Å². The number of carbonyl (C=O) groups excluding carboxylic acids is 1. The first-order valence-corrected chi connectivity index (χ1v) is 10.3. The van der Waals surface area contributed by atoms with Crippen LogP contribution >= 0.6 is 0 Å². The molecule has 168 valence electrons. The van der Waals surface area contributed by atoms with E-state index in [1.54, 1.807) is 31.2 Å². The minimum absolute atomic E-state index is 0.133. The SMILES string of the molecule is CC(CO)N(C(=O)c1ccc(OCc2conc2-c2ccc(F)cc2)nc1)c1ccccc1. The highest BCUT2D eigenvalue weighted by atomic mass is 19.1. The number of carbonyl (C=O) groups is 1. The zero-order valence-corrected chi connectivity index (χ0v) is 17.9. The lowest BCUT2D eigenvalue weighted by molar-refractivity contribution is 0.0966. The molecule has 2 heterocycles. The lowest BCUT2D eigenvalue weighted by Gasteiger charge is -2.28. The third kappa shape index (κ3) is 5.07. The maximum Gasteiger partial charge on any atom is 0.260 e. The average molecular weight is 447 g/mol. The highest BCUT2D eigenvalue weighted by Gasteiger charge is 2.23. The summed E-state index contributed by atoms with van der Waals surface area (Å²) in [7, 11) is 0. The first-order valence-electron chi connectivity index (χ1n) is 10.3. The van der Waals surface area contributed by atoms with Crippen molar-refractivity contribution in [2.45, 2.75) is 19.6 Å². The minimum Gasteiger partial charge on any atom is -0.473 e. The third-order valence-electron chi connectivity index (χ3n) is 5.08. The van der Waals surface area contributed by atoms with E-state index in [-0.39, 0.29) is 24.9 Å². The van der Waals surface area contributed by atoms with Gasteiger partial charge in [0, 0.05) is 23.5 Å². The molecule has 0 aliphatic heterocycles. The summed E-state index contributed by atoms with van der Waals surface area (Å²) in [5.74, 6) is -0.295. The maximum absolute atomic E-state index is 13.2. The molecule has 2 aromatic carbocycles. The van der Waals surface area contributed by atoms with Gasteiger partial charge in [0.25, 0.3) is 5.91 Å². The van der Waals surface area contributed by atoms with Crippen molar-refractivity contribution >= 4 is 11.6 Å². The molecule has 0 fully saturated rings. The first-order chi connectivity index (χ1) is 16.1. The van der Waals surface area contributed by atoms with Crippen molar-refractivity contribution in [2.24, 2.45) is 0 Å². The molecule has 2 aromatic heterocycles. The lowest BCUT2D eigenvalue weighted by Crippen LogP contribution is -2.41. The monoisotopic (exact) mass is 447 g/mol. The predicted octanol–water partition coefficient (Wildman–Crippen LogP) is 4.48. The number of nitrogens with zero attached hydrogens (tertiary/aromatic N) is 3. The topological polar surface area (TPSA) is 88.7 Å². The Bertz CT molecular complexity index is 1190. The van der Waals surface area contributed by atoms with Gasteiger partial charge in [-0.1, -0.05) is 23.4 Å². The number of hydrogen-bond acceptors (Lipinski definition) is 6. The molecule has 0 saturated heterocycles. The van der Waals surface area contributed by atoms with Gasteiger partial charge in [0.1, 0.15) is 24.4 Å². The summed E-state index contributed by atoms with van der Waals surface area (Å²) >= 11 is 0. The molecule has 0 aliphatic carbocycles. The van der Waals surface area contributed by atoms with Gasteiger partial charge in [-0.2, -0.15) is 0 Å². The van der Waals surface area contributed by atoms with Crippen molar-refractivity contribution in [3.05, 3.63) is 96.1 Å². The van der Waals surface area contributed by atoms with E-state index in [4.69, 9.17) is 9.26 Å². The number of aliphatic hydroxyl groups excluding tert-OH is 1. The zero-order chi connectivity index (χ0) is 23.2. The summed E-state index contributed by atoms with van der Waals surface area (Å²) in [4.78, 5) is 18.9. The van der Waals surface area contributed by atoms with E-state index in [9.17, 15) is 14.3 Å². The maximum atomic E-state index is 13.2. The highest BCUT2D eigenvalue weighted by molar-refractivity contribution is 6.06. The van der Waals surface area contributed by atoms with Gasteiger partial charge in [-0.25, -0.2) is 9.37 Å². The van der Waals surface area contributed by atoms with E-state index in [0.29, 0.717) is 34.0 Å². The summed E-state index contributed by atoms with van der Waals surface area (Å²) in [5, 5.41) is 13.6. The summed E-state index contributed by atoms with van der Waals surface area (Å²) < 4.78 is 24.0. The second kappa shape index (κ2) is 10.1. The van der Waals surface area contributed by atoms with E-state index >= 15 is 0 Å². The Morgan fingerprint density at radius 2 is 1.88 bits per heavy atom. The number of aliphatic hydroxyl groups is 1. The van der Waals surface area contributed by atoms with Gasteiger partial charge in [-0.15, -0.1) is 0 Å². The fourth-order valence-electron chi connectivity index (χ4n) is 3.33. The molecule has 4 aromatic rings. The number of para-hydroxylation sites is 1. The van der Waals surface area contributed by atoms with Crippen molar-refractivity contribution in [3.8, 4) is 17.1 Å². The third-order valence-corrected chi connectivity index (χ3v) is 5.08. The molecule has 1 amide bonds. The molecule has 33 heavy (non-hydrogen) atoms. The van der Waals surface area contributed by atoms with Gasteiger partial charge in [0.05, 0.1) is 23.8 Å². The lowest BCUT2D eigenvalue weighted by atomic mass is 10.1. The highest BCUT2D eigenvalue weighted by Crippen LogP contribution is 2.24. The molecule has 8 heteroatoms. The van der Waals surface area contributed by atoms with Crippen LogP contribution in [0.3, 0.4) is 0 Å². The van der Waals surface area contributed by atoms with Crippen LogP contribution in [0.1, 0.15) is 22.8 Å². The molecule has 0 bridgehead atoms. The summed E-state index contributed by atoms with van der Waals surface area (Å²) in [6, 6.07) is 17.9. The van der Waals surface area contributed by atoms with Crippen LogP contribution in [0.5, 0.6) is 5.88 Å². The number of aromatic nitrogens is 2. The Morgan fingerprint density at radius 1 is 1.12 bits per heavy atom. The predicted molar refractivity (Wildman–Crippen MR) is 120 cm³/mol. The van der Waals surface area contributed by atoms with E-state index in [2.05, 4.69) is 10.1 Å². The number of pyridine rings is 1. The Labute approximate surface area is 190 Å².